The van der Waals surface area contributed by atoms with Gasteiger partial charge in [0, 0.05) is 48.3 Å². The molecule has 1 aliphatic rings. The minimum atomic E-state index is 0.137. The molecule has 3 nitrogen and oxygen atoms in total. The van der Waals surface area contributed by atoms with Gasteiger partial charge in [0.2, 0.25) is 0 Å². The van der Waals surface area contributed by atoms with Gasteiger partial charge in [0.05, 0.1) is 0 Å². The molecule has 1 unspecified atom stereocenters. The van der Waals surface area contributed by atoms with E-state index >= 15 is 0 Å². The molecule has 1 N–H and O–H groups in total. The van der Waals surface area contributed by atoms with Crippen molar-refractivity contribution in [3.63, 3.8) is 0 Å². The highest BCUT2D eigenvalue weighted by molar-refractivity contribution is 5.54. The van der Waals surface area contributed by atoms with Crippen molar-refractivity contribution < 1.29 is 0 Å². The van der Waals surface area contributed by atoms with E-state index in [1.807, 2.05) is 0 Å². The van der Waals surface area contributed by atoms with Crippen LogP contribution in [-0.2, 0) is 6.54 Å². The molecule has 118 valence electrons. The molecule has 0 radical (unpaired) electrons. The summed E-state index contributed by atoms with van der Waals surface area (Å²) in [6, 6.07) is 2.26. The van der Waals surface area contributed by atoms with E-state index in [1.165, 1.54) is 43.6 Å². The van der Waals surface area contributed by atoms with Crippen molar-refractivity contribution in [2.45, 2.75) is 66.0 Å². The predicted octanol–water partition coefficient (Wildman–Crippen LogP) is 3.90. The molecule has 0 amide bonds. The Bertz CT molecular complexity index is 462. The van der Waals surface area contributed by atoms with Gasteiger partial charge in [-0.25, -0.2) is 0 Å². The summed E-state index contributed by atoms with van der Waals surface area (Å²) < 4.78 is 0. The predicted molar refractivity (Wildman–Crippen MR) is 90.8 cm³/mol. The van der Waals surface area contributed by atoms with Crippen LogP contribution >= 0.6 is 0 Å². The average Bonchev–Trinajstić information content (AvgIpc) is 2.85. The van der Waals surface area contributed by atoms with Crippen molar-refractivity contribution in [1.82, 2.24) is 10.3 Å². The maximum atomic E-state index is 4.50. The lowest BCUT2D eigenvalue weighted by atomic mass is 10.0. The number of nitrogens with zero attached hydrogens (tertiary/aromatic N) is 2. The first kappa shape index (κ1) is 16.3. The topological polar surface area (TPSA) is 28.2 Å². The zero-order valence-corrected chi connectivity index (χ0v) is 14.4. The minimum absolute atomic E-state index is 0.137. The Hall–Kier alpha value is -1.09. The second kappa shape index (κ2) is 6.78. The van der Waals surface area contributed by atoms with E-state index in [-0.39, 0.29) is 5.54 Å². The van der Waals surface area contributed by atoms with Crippen LogP contribution in [0.25, 0.3) is 0 Å². The SMILES string of the molecule is CCCC1CCN(c2cc(C)ncc2CNC(C)(C)C)C1. The lowest BCUT2D eigenvalue weighted by Gasteiger charge is -2.25. The van der Waals surface area contributed by atoms with Gasteiger partial charge in [0.15, 0.2) is 0 Å². The number of hydrogen-bond acceptors (Lipinski definition) is 3. The summed E-state index contributed by atoms with van der Waals surface area (Å²) in [5, 5.41) is 3.59. The highest BCUT2D eigenvalue weighted by atomic mass is 15.2. The molecule has 1 aromatic heterocycles. The molecule has 0 saturated carbocycles. The fourth-order valence-electron chi connectivity index (χ4n) is 3.06. The zero-order chi connectivity index (χ0) is 15.5. The number of aryl methyl sites for hydroxylation is 1. The maximum absolute atomic E-state index is 4.50. The third kappa shape index (κ3) is 4.70. The van der Waals surface area contributed by atoms with Crippen LogP contribution in [0.3, 0.4) is 0 Å². The molecule has 0 aromatic carbocycles. The molecular formula is C18H31N3. The first-order valence-corrected chi connectivity index (χ1v) is 8.34. The first-order valence-electron chi connectivity index (χ1n) is 8.34. The zero-order valence-electron chi connectivity index (χ0n) is 14.4. The first-order chi connectivity index (χ1) is 9.89. The van der Waals surface area contributed by atoms with Crippen molar-refractivity contribution >= 4 is 5.69 Å². The van der Waals surface area contributed by atoms with Gasteiger partial charge in [-0.05, 0) is 52.5 Å². The minimum Gasteiger partial charge on any atom is -0.371 e. The number of aromatic nitrogens is 1. The van der Waals surface area contributed by atoms with Crippen LogP contribution in [0.1, 0.15) is 58.2 Å². The van der Waals surface area contributed by atoms with Gasteiger partial charge in [-0.15, -0.1) is 0 Å². The van der Waals surface area contributed by atoms with Crippen LogP contribution in [0.5, 0.6) is 0 Å². The van der Waals surface area contributed by atoms with E-state index in [9.17, 15) is 0 Å². The van der Waals surface area contributed by atoms with E-state index in [0.29, 0.717) is 0 Å². The van der Waals surface area contributed by atoms with Gasteiger partial charge in [-0.1, -0.05) is 13.3 Å². The van der Waals surface area contributed by atoms with Crippen molar-refractivity contribution in [1.29, 1.82) is 0 Å². The second-order valence-corrected chi connectivity index (χ2v) is 7.45. The van der Waals surface area contributed by atoms with Gasteiger partial charge in [0.1, 0.15) is 0 Å². The summed E-state index contributed by atoms with van der Waals surface area (Å²) in [5.74, 6) is 0.867. The quantitative estimate of drug-likeness (QED) is 0.891. The van der Waals surface area contributed by atoms with Crippen LogP contribution in [0.4, 0.5) is 5.69 Å². The van der Waals surface area contributed by atoms with Crippen LogP contribution in [0.15, 0.2) is 12.3 Å². The van der Waals surface area contributed by atoms with E-state index in [1.54, 1.807) is 0 Å². The Morgan fingerprint density at radius 2 is 2.14 bits per heavy atom. The molecular weight excluding hydrogens is 258 g/mol. The number of hydrogen-bond donors (Lipinski definition) is 1. The molecule has 1 fully saturated rings. The number of anilines is 1. The van der Waals surface area contributed by atoms with E-state index in [0.717, 1.165) is 18.2 Å². The fraction of sp³-hybridized carbons (Fsp3) is 0.722. The molecule has 1 aromatic rings. The fourth-order valence-corrected chi connectivity index (χ4v) is 3.06. The summed E-state index contributed by atoms with van der Waals surface area (Å²) in [5.41, 5.74) is 3.96. The number of pyridine rings is 1. The van der Waals surface area contributed by atoms with Crippen LogP contribution in [-0.4, -0.2) is 23.6 Å². The molecule has 0 aliphatic carbocycles. The summed E-state index contributed by atoms with van der Waals surface area (Å²) >= 11 is 0. The Morgan fingerprint density at radius 1 is 1.38 bits per heavy atom. The lowest BCUT2D eigenvalue weighted by Crippen LogP contribution is -2.35. The Morgan fingerprint density at radius 3 is 2.81 bits per heavy atom. The van der Waals surface area contributed by atoms with Gasteiger partial charge in [0.25, 0.3) is 0 Å². The molecule has 1 saturated heterocycles. The van der Waals surface area contributed by atoms with E-state index < -0.39 is 0 Å². The molecule has 3 heteroatoms. The molecule has 1 aliphatic heterocycles. The van der Waals surface area contributed by atoms with E-state index in [4.69, 9.17) is 0 Å². The molecule has 1 atom stereocenters. The number of rotatable bonds is 5. The van der Waals surface area contributed by atoms with Crippen molar-refractivity contribution in [2.75, 3.05) is 18.0 Å². The van der Waals surface area contributed by atoms with Crippen LogP contribution < -0.4 is 10.2 Å². The lowest BCUT2D eigenvalue weighted by molar-refractivity contribution is 0.424. The van der Waals surface area contributed by atoms with E-state index in [2.05, 4.69) is 62.1 Å². The van der Waals surface area contributed by atoms with Crippen molar-refractivity contribution in [2.24, 2.45) is 5.92 Å². The molecule has 2 rings (SSSR count). The normalized spacial score (nSPS) is 19.3. The standard InChI is InChI=1S/C18H31N3/c1-6-7-15-8-9-21(13-15)17-10-14(2)19-11-16(17)12-20-18(3,4)5/h10-11,15,20H,6-9,12-13H2,1-5H3. The summed E-state index contributed by atoms with van der Waals surface area (Å²) in [6.45, 7) is 14.3. The highest BCUT2D eigenvalue weighted by Crippen LogP contribution is 2.29. The second-order valence-electron chi connectivity index (χ2n) is 7.45. The van der Waals surface area contributed by atoms with Gasteiger partial charge < -0.3 is 10.2 Å². The molecule has 0 spiro atoms. The molecule has 2 heterocycles. The van der Waals surface area contributed by atoms with Crippen molar-refractivity contribution in [3.8, 4) is 0 Å². The highest BCUT2D eigenvalue weighted by Gasteiger charge is 2.24. The van der Waals surface area contributed by atoms with Crippen molar-refractivity contribution in [3.05, 3.63) is 23.5 Å². The molecule has 0 bridgehead atoms. The smallest absolute Gasteiger partial charge is 0.0445 e. The summed E-state index contributed by atoms with van der Waals surface area (Å²) in [6.07, 6.45) is 6.04. The summed E-state index contributed by atoms with van der Waals surface area (Å²) in [7, 11) is 0. The molecule has 21 heavy (non-hydrogen) atoms. The largest absolute Gasteiger partial charge is 0.371 e. The van der Waals surface area contributed by atoms with Gasteiger partial charge in [-0.3, -0.25) is 4.98 Å². The third-order valence-corrected chi connectivity index (χ3v) is 4.23. The number of nitrogens with one attached hydrogen (secondary N) is 1. The van der Waals surface area contributed by atoms with Crippen LogP contribution in [0.2, 0.25) is 0 Å². The Balaban J connectivity index is 2.12. The maximum Gasteiger partial charge on any atom is 0.0445 e. The summed E-state index contributed by atoms with van der Waals surface area (Å²) in [4.78, 5) is 7.06. The Labute approximate surface area is 130 Å². The Kier molecular flexibility index (Phi) is 5.26. The van der Waals surface area contributed by atoms with Crippen LogP contribution in [0, 0.1) is 12.8 Å². The van der Waals surface area contributed by atoms with Gasteiger partial charge in [-0.2, -0.15) is 0 Å². The third-order valence-electron chi connectivity index (χ3n) is 4.23. The average molecular weight is 289 g/mol. The van der Waals surface area contributed by atoms with Gasteiger partial charge >= 0.3 is 0 Å². The monoisotopic (exact) mass is 289 g/mol.